The Balaban J connectivity index is 1.82. The van der Waals surface area contributed by atoms with E-state index in [0.29, 0.717) is 17.9 Å². The first kappa shape index (κ1) is 18.2. The molecule has 3 aromatic rings. The molecule has 0 aliphatic heterocycles. The summed E-state index contributed by atoms with van der Waals surface area (Å²) in [6, 6.07) is 9.27. The van der Waals surface area contributed by atoms with Crippen molar-refractivity contribution < 1.29 is 0 Å². The van der Waals surface area contributed by atoms with E-state index in [0.717, 1.165) is 5.56 Å². The van der Waals surface area contributed by atoms with Crippen LogP contribution in [0.1, 0.15) is 11.6 Å². The minimum Gasteiger partial charge on any atom is -0.380 e. The lowest BCUT2D eigenvalue weighted by Gasteiger charge is -2.24. The highest BCUT2D eigenvalue weighted by molar-refractivity contribution is 6.32. The van der Waals surface area contributed by atoms with Gasteiger partial charge >= 0.3 is 0 Å². The third kappa shape index (κ3) is 3.79. The van der Waals surface area contributed by atoms with E-state index in [1.165, 1.54) is 4.68 Å². The molecule has 1 atom stereocenters. The van der Waals surface area contributed by atoms with Crippen LogP contribution in [0, 0.1) is 0 Å². The Morgan fingerprint density at radius 1 is 1.19 bits per heavy atom. The molecule has 0 radical (unpaired) electrons. The van der Waals surface area contributed by atoms with Crippen LogP contribution in [0.2, 0.25) is 5.02 Å². The molecule has 1 aromatic carbocycles. The number of aryl methyl sites for hydroxylation is 1. The standard InChI is InChI=1S/C18H21ClN6O/c1-23(2)16(13-9-21-24(3)12-13)11-20-15-10-22-25(18(26)17(15)19)14-7-5-4-6-8-14/h4-10,12,16,20H,11H2,1-3H3. The first-order chi connectivity index (χ1) is 12.5. The van der Waals surface area contributed by atoms with Crippen LogP contribution in [0.15, 0.2) is 53.7 Å². The minimum absolute atomic E-state index is 0.0799. The largest absolute Gasteiger partial charge is 0.380 e. The van der Waals surface area contributed by atoms with Crippen molar-refractivity contribution in [1.29, 1.82) is 0 Å². The van der Waals surface area contributed by atoms with Gasteiger partial charge < -0.3 is 10.2 Å². The van der Waals surface area contributed by atoms with E-state index >= 15 is 0 Å². The number of hydrogen-bond acceptors (Lipinski definition) is 5. The zero-order valence-electron chi connectivity index (χ0n) is 14.9. The second-order valence-corrected chi connectivity index (χ2v) is 6.61. The van der Waals surface area contributed by atoms with Gasteiger partial charge in [-0.05, 0) is 26.2 Å². The number of rotatable bonds is 6. The molecule has 0 fully saturated rings. The Hall–Kier alpha value is -2.64. The average Bonchev–Trinajstić information content (AvgIpc) is 3.05. The lowest BCUT2D eigenvalue weighted by molar-refractivity contribution is 0.311. The minimum atomic E-state index is -0.356. The normalized spacial score (nSPS) is 12.3. The zero-order valence-corrected chi connectivity index (χ0v) is 15.7. The summed E-state index contributed by atoms with van der Waals surface area (Å²) in [5.41, 5.74) is 1.91. The smallest absolute Gasteiger partial charge is 0.292 e. The molecule has 0 aliphatic carbocycles. The summed E-state index contributed by atoms with van der Waals surface area (Å²) in [4.78, 5) is 14.6. The van der Waals surface area contributed by atoms with Gasteiger partial charge in [0.25, 0.3) is 5.56 Å². The maximum atomic E-state index is 12.5. The second-order valence-electron chi connectivity index (χ2n) is 6.23. The van der Waals surface area contributed by atoms with Gasteiger partial charge in [0.05, 0.1) is 29.8 Å². The van der Waals surface area contributed by atoms with Crippen molar-refractivity contribution in [2.24, 2.45) is 7.05 Å². The molecule has 2 aromatic heterocycles. The predicted octanol–water partition coefficient (Wildman–Crippen LogP) is 2.33. The number of hydrogen-bond donors (Lipinski definition) is 1. The van der Waals surface area contributed by atoms with Gasteiger partial charge in [-0.2, -0.15) is 14.9 Å². The highest BCUT2D eigenvalue weighted by atomic mass is 35.5. The fraction of sp³-hybridized carbons (Fsp3) is 0.278. The first-order valence-corrected chi connectivity index (χ1v) is 8.57. The lowest BCUT2D eigenvalue weighted by atomic mass is 10.1. The van der Waals surface area contributed by atoms with Crippen LogP contribution in [0.25, 0.3) is 5.69 Å². The summed E-state index contributed by atoms with van der Waals surface area (Å²) < 4.78 is 3.06. The van der Waals surface area contributed by atoms with Gasteiger partial charge in [-0.3, -0.25) is 9.48 Å². The Morgan fingerprint density at radius 2 is 1.92 bits per heavy atom. The Kier molecular flexibility index (Phi) is 5.39. The molecule has 0 saturated carbocycles. The molecule has 2 heterocycles. The molecule has 0 spiro atoms. The number of likely N-dealkylation sites (N-methyl/N-ethyl adjacent to an activating group) is 1. The molecule has 1 unspecified atom stereocenters. The van der Waals surface area contributed by atoms with Crippen LogP contribution in [0.5, 0.6) is 0 Å². The molecule has 1 N–H and O–H groups in total. The molecule has 0 bridgehead atoms. The predicted molar refractivity (Wildman–Crippen MR) is 103 cm³/mol. The maximum Gasteiger partial charge on any atom is 0.292 e. The fourth-order valence-corrected chi connectivity index (χ4v) is 2.92. The zero-order chi connectivity index (χ0) is 18.7. The van der Waals surface area contributed by atoms with Crippen molar-refractivity contribution in [3.05, 3.63) is 69.9 Å². The third-order valence-electron chi connectivity index (χ3n) is 4.14. The summed E-state index contributed by atoms with van der Waals surface area (Å²) in [7, 11) is 5.87. The number of anilines is 1. The monoisotopic (exact) mass is 372 g/mol. The number of benzene rings is 1. The number of para-hydroxylation sites is 1. The highest BCUT2D eigenvalue weighted by Crippen LogP contribution is 2.21. The quantitative estimate of drug-likeness (QED) is 0.719. The summed E-state index contributed by atoms with van der Waals surface area (Å²) in [5.74, 6) is 0. The Labute approximate surface area is 156 Å². The van der Waals surface area contributed by atoms with E-state index in [-0.39, 0.29) is 16.6 Å². The average molecular weight is 373 g/mol. The van der Waals surface area contributed by atoms with Crippen molar-refractivity contribution in [2.75, 3.05) is 26.0 Å². The van der Waals surface area contributed by atoms with E-state index in [1.54, 1.807) is 10.9 Å². The lowest BCUT2D eigenvalue weighted by Crippen LogP contribution is -2.28. The molecule has 3 rings (SSSR count). The molecule has 136 valence electrons. The van der Waals surface area contributed by atoms with Gasteiger partial charge in [-0.25, -0.2) is 0 Å². The molecular formula is C18H21ClN6O. The Bertz CT molecular complexity index is 934. The van der Waals surface area contributed by atoms with E-state index in [2.05, 4.69) is 20.4 Å². The van der Waals surface area contributed by atoms with Crippen molar-refractivity contribution in [1.82, 2.24) is 24.5 Å². The van der Waals surface area contributed by atoms with E-state index in [4.69, 9.17) is 11.6 Å². The van der Waals surface area contributed by atoms with E-state index in [1.807, 2.05) is 63.9 Å². The third-order valence-corrected chi connectivity index (χ3v) is 4.50. The van der Waals surface area contributed by atoms with Crippen molar-refractivity contribution >= 4 is 17.3 Å². The second kappa shape index (κ2) is 7.72. The van der Waals surface area contributed by atoms with Gasteiger partial charge in [-0.1, -0.05) is 29.8 Å². The van der Waals surface area contributed by atoms with Crippen LogP contribution >= 0.6 is 11.6 Å². The van der Waals surface area contributed by atoms with Crippen molar-refractivity contribution in [3.8, 4) is 5.69 Å². The number of nitrogens with one attached hydrogen (secondary N) is 1. The first-order valence-electron chi connectivity index (χ1n) is 8.19. The van der Waals surface area contributed by atoms with Gasteiger partial charge in [-0.15, -0.1) is 0 Å². The highest BCUT2D eigenvalue weighted by Gasteiger charge is 2.17. The van der Waals surface area contributed by atoms with Crippen LogP contribution in [0.4, 0.5) is 5.69 Å². The van der Waals surface area contributed by atoms with Gasteiger partial charge in [0, 0.05) is 25.4 Å². The summed E-state index contributed by atoms with van der Waals surface area (Å²) >= 11 is 6.30. The van der Waals surface area contributed by atoms with E-state index in [9.17, 15) is 4.79 Å². The molecule has 0 aliphatic rings. The van der Waals surface area contributed by atoms with E-state index < -0.39 is 0 Å². The molecule has 8 heteroatoms. The van der Waals surface area contributed by atoms with Gasteiger partial charge in [0.1, 0.15) is 5.02 Å². The fourth-order valence-electron chi connectivity index (χ4n) is 2.73. The number of nitrogens with zero attached hydrogens (tertiary/aromatic N) is 5. The SMILES string of the molecule is CN(C)C(CNc1cnn(-c2ccccc2)c(=O)c1Cl)c1cnn(C)c1. The molecule has 0 amide bonds. The van der Waals surface area contributed by atoms with Crippen LogP contribution < -0.4 is 10.9 Å². The molecule has 26 heavy (non-hydrogen) atoms. The summed E-state index contributed by atoms with van der Waals surface area (Å²) in [6.45, 7) is 0.564. The van der Waals surface area contributed by atoms with Gasteiger partial charge in [0.15, 0.2) is 0 Å². The summed E-state index contributed by atoms with van der Waals surface area (Å²) in [6.07, 6.45) is 5.38. The van der Waals surface area contributed by atoms with Crippen molar-refractivity contribution in [2.45, 2.75) is 6.04 Å². The Morgan fingerprint density at radius 3 is 2.54 bits per heavy atom. The van der Waals surface area contributed by atoms with Crippen LogP contribution in [0.3, 0.4) is 0 Å². The molecule has 7 nitrogen and oxygen atoms in total. The number of aromatic nitrogens is 4. The van der Waals surface area contributed by atoms with Crippen LogP contribution in [-0.4, -0.2) is 45.1 Å². The topological polar surface area (TPSA) is 68.0 Å². The number of halogens is 1. The van der Waals surface area contributed by atoms with Crippen LogP contribution in [-0.2, 0) is 7.05 Å². The molecular weight excluding hydrogens is 352 g/mol. The summed E-state index contributed by atoms with van der Waals surface area (Å²) in [5, 5.41) is 11.8. The van der Waals surface area contributed by atoms with Crippen molar-refractivity contribution in [3.63, 3.8) is 0 Å². The maximum absolute atomic E-state index is 12.5. The molecule has 0 saturated heterocycles. The van der Waals surface area contributed by atoms with Gasteiger partial charge in [0.2, 0.25) is 0 Å².